The number of thiocarbonyl (C=S) groups is 1. The zero-order valence-corrected chi connectivity index (χ0v) is 15.7. The fraction of sp³-hybridized carbons (Fsp3) is 0.316. The molecule has 1 atom stereocenters. The zero-order valence-electron chi connectivity index (χ0n) is 14.1. The number of carbonyl (C=O) groups excluding carboxylic acids is 1. The van der Waals surface area contributed by atoms with Gasteiger partial charge in [-0.05, 0) is 66.0 Å². The maximum atomic E-state index is 12.2. The fourth-order valence-electron chi connectivity index (χ4n) is 3.69. The number of amides is 1. The number of hydrogen-bond acceptors (Lipinski definition) is 4. The monoisotopic (exact) mass is 386 g/mol. The van der Waals surface area contributed by atoms with Crippen molar-refractivity contribution in [1.29, 1.82) is 0 Å². The Labute approximate surface area is 162 Å². The van der Waals surface area contributed by atoms with Gasteiger partial charge in [0.2, 0.25) is 0 Å². The highest BCUT2D eigenvalue weighted by Gasteiger charge is 2.29. The maximum Gasteiger partial charge on any atom is 0.275 e. The minimum Gasteiger partial charge on any atom is -0.355 e. The van der Waals surface area contributed by atoms with Crippen LogP contribution in [0.25, 0.3) is 0 Å². The molecule has 1 aromatic heterocycles. The number of nitrogens with zero attached hydrogens (tertiary/aromatic N) is 1. The molecule has 1 amide bonds. The molecule has 5 nitrogen and oxygen atoms in total. The van der Waals surface area contributed by atoms with Crippen molar-refractivity contribution < 1.29 is 4.79 Å². The van der Waals surface area contributed by atoms with Gasteiger partial charge in [0.05, 0.1) is 12.2 Å². The lowest BCUT2D eigenvalue weighted by molar-refractivity contribution is 0.0957. The number of anilines is 1. The SMILES string of the molecule is O=C1NC(=C=S)N(Cc2ccc(Cl)cc2[C@H]2CCCCN2)c2cc[nH]c21. The summed E-state index contributed by atoms with van der Waals surface area (Å²) in [6.45, 7) is 1.60. The summed E-state index contributed by atoms with van der Waals surface area (Å²) < 4.78 is 0. The van der Waals surface area contributed by atoms with Crippen molar-refractivity contribution in [2.75, 3.05) is 11.4 Å². The second kappa shape index (κ2) is 7.25. The lowest BCUT2D eigenvalue weighted by Gasteiger charge is -2.32. The highest BCUT2D eigenvalue weighted by molar-refractivity contribution is 7.78. The normalized spacial score (nSPS) is 19.7. The lowest BCUT2D eigenvalue weighted by Crippen LogP contribution is -2.41. The molecule has 2 aliphatic rings. The van der Waals surface area contributed by atoms with Crippen LogP contribution >= 0.6 is 23.8 Å². The standard InChI is InChI=1S/C19H19ClN4OS/c20-13-5-4-12(14(9-13)15-3-1-2-7-21-15)10-24-16-6-8-22-18(16)19(25)23-17(24)11-26/h4-6,8-9,15,21-22H,1-3,7,10H2,(H,23,25)/t15-/m1/s1. The Morgan fingerprint density at radius 3 is 2.96 bits per heavy atom. The van der Waals surface area contributed by atoms with Gasteiger partial charge in [0.1, 0.15) is 5.69 Å². The van der Waals surface area contributed by atoms with E-state index in [4.69, 9.17) is 23.8 Å². The third-order valence-electron chi connectivity index (χ3n) is 4.96. The molecule has 7 heteroatoms. The van der Waals surface area contributed by atoms with Crippen LogP contribution in [0, 0.1) is 0 Å². The number of halogens is 1. The molecule has 1 aromatic carbocycles. The Morgan fingerprint density at radius 1 is 1.31 bits per heavy atom. The number of hydrogen-bond donors (Lipinski definition) is 3. The average molecular weight is 387 g/mol. The number of H-pyrrole nitrogens is 1. The molecule has 0 unspecified atom stereocenters. The van der Waals surface area contributed by atoms with Crippen LogP contribution in [0.15, 0.2) is 36.3 Å². The molecule has 1 fully saturated rings. The molecule has 0 saturated carbocycles. The summed E-state index contributed by atoms with van der Waals surface area (Å²) in [6, 6.07) is 8.18. The first-order chi connectivity index (χ1) is 12.7. The fourth-order valence-corrected chi connectivity index (χ4v) is 4.03. The smallest absolute Gasteiger partial charge is 0.275 e. The summed E-state index contributed by atoms with van der Waals surface area (Å²) >= 11 is 11.3. The van der Waals surface area contributed by atoms with Crippen LogP contribution in [-0.2, 0) is 6.54 Å². The number of aromatic nitrogens is 1. The second-order valence-corrected chi connectivity index (χ2v) is 7.22. The van der Waals surface area contributed by atoms with E-state index in [1.165, 1.54) is 18.4 Å². The number of nitrogens with one attached hydrogen (secondary N) is 3. The summed E-state index contributed by atoms with van der Waals surface area (Å²) in [7, 11) is 0. The molecule has 3 N–H and O–H groups in total. The van der Waals surface area contributed by atoms with Crippen LogP contribution in [0.1, 0.15) is 46.9 Å². The van der Waals surface area contributed by atoms with Crippen LogP contribution in [-0.4, -0.2) is 22.5 Å². The third kappa shape index (κ3) is 3.17. The van der Waals surface area contributed by atoms with Crippen LogP contribution in [0.5, 0.6) is 0 Å². The first-order valence-electron chi connectivity index (χ1n) is 8.70. The van der Waals surface area contributed by atoms with Crippen LogP contribution < -0.4 is 15.5 Å². The molecule has 2 aliphatic heterocycles. The summed E-state index contributed by atoms with van der Waals surface area (Å²) in [5.41, 5.74) is 3.69. The Hall–Kier alpha value is -2.11. The number of piperidine rings is 1. The Bertz CT molecular complexity index is 897. The predicted molar refractivity (Wildman–Crippen MR) is 107 cm³/mol. The van der Waals surface area contributed by atoms with Gasteiger partial charge in [-0.25, -0.2) is 0 Å². The van der Waals surface area contributed by atoms with E-state index in [2.05, 4.69) is 26.7 Å². The first kappa shape index (κ1) is 17.3. The summed E-state index contributed by atoms with van der Waals surface area (Å²) in [6.07, 6.45) is 5.26. The maximum absolute atomic E-state index is 12.2. The van der Waals surface area contributed by atoms with Gasteiger partial charge < -0.3 is 15.2 Å². The summed E-state index contributed by atoms with van der Waals surface area (Å²) in [5, 5.41) is 9.81. The molecule has 0 spiro atoms. The number of benzene rings is 1. The Kier molecular flexibility index (Phi) is 4.83. The van der Waals surface area contributed by atoms with Crippen molar-refractivity contribution in [2.45, 2.75) is 31.8 Å². The topological polar surface area (TPSA) is 60.2 Å². The highest BCUT2D eigenvalue weighted by Crippen LogP contribution is 2.33. The molecule has 1 saturated heterocycles. The van der Waals surface area contributed by atoms with Gasteiger partial charge in [0.25, 0.3) is 5.91 Å². The van der Waals surface area contributed by atoms with E-state index < -0.39 is 0 Å². The van der Waals surface area contributed by atoms with Crippen molar-refractivity contribution in [3.05, 3.63) is 58.1 Å². The van der Waals surface area contributed by atoms with E-state index in [-0.39, 0.29) is 5.91 Å². The molecule has 0 aliphatic carbocycles. The van der Waals surface area contributed by atoms with Crippen molar-refractivity contribution in [3.8, 4) is 0 Å². The Balaban J connectivity index is 1.72. The largest absolute Gasteiger partial charge is 0.355 e. The van der Waals surface area contributed by atoms with Crippen molar-refractivity contribution in [2.24, 2.45) is 0 Å². The van der Waals surface area contributed by atoms with E-state index in [9.17, 15) is 4.79 Å². The highest BCUT2D eigenvalue weighted by atomic mass is 35.5. The van der Waals surface area contributed by atoms with Gasteiger partial charge in [-0.2, -0.15) is 0 Å². The van der Waals surface area contributed by atoms with Gasteiger partial charge in [0, 0.05) is 17.3 Å². The van der Waals surface area contributed by atoms with Crippen LogP contribution in [0.3, 0.4) is 0 Å². The Morgan fingerprint density at radius 2 is 2.19 bits per heavy atom. The minimum absolute atomic E-state index is 0.195. The van der Waals surface area contributed by atoms with Crippen LogP contribution in [0.2, 0.25) is 5.02 Å². The predicted octanol–water partition coefficient (Wildman–Crippen LogP) is 3.67. The van der Waals surface area contributed by atoms with Gasteiger partial charge in [0.15, 0.2) is 5.82 Å². The van der Waals surface area contributed by atoms with E-state index in [0.29, 0.717) is 24.1 Å². The number of fused-ring (bicyclic) bond motifs is 1. The van der Waals surface area contributed by atoms with Gasteiger partial charge in [-0.15, -0.1) is 0 Å². The molecule has 26 heavy (non-hydrogen) atoms. The first-order valence-corrected chi connectivity index (χ1v) is 9.49. The van der Waals surface area contributed by atoms with Gasteiger partial charge in [-0.1, -0.05) is 24.1 Å². The van der Waals surface area contributed by atoms with Gasteiger partial charge in [-0.3, -0.25) is 10.1 Å². The molecular weight excluding hydrogens is 368 g/mol. The van der Waals surface area contributed by atoms with Gasteiger partial charge >= 0.3 is 0 Å². The van der Waals surface area contributed by atoms with Crippen molar-refractivity contribution >= 4 is 40.4 Å². The lowest BCUT2D eigenvalue weighted by atomic mass is 9.93. The average Bonchev–Trinajstić information content (AvgIpc) is 3.16. The molecule has 134 valence electrons. The molecule has 3 heterocycles. The number of carbonyl (C=O) groups is 1. The van der Waals surface area contributed by atoms with E-state index >= 15 is 0 Å². The molecule has 0 bridgehead atoms. The van der Waals surface area contributed by atoms with E-state index in [0.717, 1.165) is 29.2 Å². The molecule has 2 aromatic rings. The number of aromatic amines is 1. The third-order valence-corrected chi connectivity index (χ3v) is 5.39. The second-order valence-electron chi connectivity index (χ2n) is 6.57. The quantitative estimate of drug-likeness (QED) is 0.704. The summed E-state index contributed by atoms with van der Waals surface area (Å²) in [4.78, 5) is 17.1. The molecular formula is C19H19ClN4OS. The summed E-state index contributed by atoms with van der Waals surface area (Å²) in [5.74, 6) is 0.300. The van der Waals surface area contributed by atoms with E-state index in [1.54, 1.807) is 6.20 Å². The minimum atomic E-state index is -0.195. The number of rotatable bonds is 3. The van der Waals surface area contributed by atoms with Crippen LogP contribution in [0.4, 0.5) is 5.69 Å². The van der Waals surface area contributed by atoms with E-state index in [1.807, 2.05) is 23.1 Å². The zero-order chi connectivity index (χ0) is 18.1. The van der Waals surface area contributed by atoms with Crippen molar-refractivity contribution in [1.82, 2.24) is 15.6 Å². The van der Waals surface area contributed by atoms with Crippen molar-refractivity contribution in [3.63, 3.8) is 0 Å². The molecule has 4 rings (SSSR count). The molecule has 0 radical (unpaired) electrons.